The van der Waals surface area contributed by atoms with Crippen molar-refractivity contribution in [1.29, 1.82) is 0 Å². The normalized spacial score (nSPS) is 13.8. The van der Waals surface area contributed by atoms with E-state index in [0.717, 1.165) is 64.2 Å². The van der Waals surface area contributed by atoms with Gasteiger partial charge < -0.3 is 19.8 Å². The summed E-state index contributed by atoms with van der Waals surface area (Å²) in [6.07, 6.45) is 95.4. The van der Waals surface area contributed by atoms with Crippen molar-refractivity contribution in [3.63, 3.8) is 0 Å². The highest BCUT2D eigenvalue weighted by Gasteiger charge is 2.28. The quantitative estimate of drug-likeness (QED) is 0.0243. The average Bonchev–Trinajstić information content (AvgIpc) is 3.70. The lowest BCUT2D eigenvalue weighted by atomic mass is 10.0. The van der Waals surface area contributed by atoms with Gasteiger partial charge in [-0.3, -0.25) is 13.8 Å². The fourth-order valence-electron chi connectivity index (χ4n) is 12.1. The van der Waals surface area contributed by atoms with Crippen LogP contribution >= 0.6 is 7.82 Å². The van der Waals surface area contributed by atoms with Crippen molar-refractivity contribution in [1.82, 2.24) is 5.32 Å². The highest BCUT2D eigenvalue weighted by atomic mass is 31.2. The molecule has 0 aromatic carbocycles. The lowest BCUT2D eigenvalue weighted by molar-refractivity contribution is -0.870. The molecule has 9 heteroatoms. The van der Waals surface area contributed by atoms with E-state index in [4.69, 9.17) is 9.05 Å². The van der Waals surface area contributed by atoms with Crippen LogP contribution in [0.5, 0.6) is 0 Å². The number of likely N-dealkylation sites (N-methyl/N-ethyl adjacent to an activating group) is 1. The first-order valence-electron chi connectivity index (χ1n) is 39.0. The number of carbonyl (C=O) groups excluding carboxylic acids is 1. The second kappa shape index (κ2) is 69.8. The molecule has 0 rings (SSSR count). The Hall–Kier alpha value is -1.54. The first kappa shape index (κ1) is 86.5. The number of carbonyl (C=O) groups is 1. The van der Waals surface area contributed by atoms with Crippen molar-refractivity contribution in [2.75, 3.05) is 40.9 Å². The predicted molar refractivity (Wildman–Crippen MR) is 387 cm³/mol. The summed E-state index contributed by atoms with van der Waals surface area (Å²) in [4.78, 5) is 23.5. The summed E-state index contributed by atoms with van der Waals surface area (Å²) in [6.45, 7) is 4.84. The Kier molecular flexibility index (Phi) is 68.6. The largest absolute Gasteiger partial charge is 0.472 e. The summed E-state index contributed by atoms with van der Waals surface area (Å²) in [7, 11) is 1.64. The maximum absolute atomic E-state index is 13.1. The number of allylic oxidation sites excluding steroid dienone is 8. The first-order valence-corrected chi connectivity index (χ1v) is 40.5. The molecule has 0 saturated heterocycles. The maximum Gasteiger partial charge on any atom is 0.472 e. The van der Waals surface area contributed by atoms with E-state index in [-0.39, 0.29) is 19.1 Å². The van der Waals surface area contributed by atoms with Crippen LogP contribution in [0.1, 0.15) is 399 Å². The van der Waals surface area contributed by atoms with E-state index in [1.165, 1.54) is 308 Å². The van der Waals surface area contributed by atoms with E-state index in [1.807, 2.05) is 21.1 Å². The molecular weight excluding hydrogens is 1100 g/mol. The van der Waals surface area contributed by atoms with Crippen LogP contribution in [0.15, 0.2) is 48.6 Å². The molecule has 3 N–H and O–H groups in total. The van der Waals surface area contributed by atoms with Crippen LogP contribution < -0.4 is 5.32 Å². The number of aliphatic hydroxyl groups excluding tert-OH is 1. The molecule has 0 bridgehead atoms. The molecule has 0 aliphatic carbocycles. The highest BCUT2D eigenvalue weighted by Crippen LogP contribution is 2.43. The van der Waals surface area contributed by atoms with Gasteiger partial charge in [0.1, 0.15) is 13.2 Å². The molecule has 3 unspecified atom stereocenters. The van der Waals surface area contributed by atoms with Crippen LogP contribution in [0.2, 0.25) is 0 Å². The average molecular weight is 1260 g/mol. The van der Waals surface area contributed by atoms with Crippen molar-refractivity contribution in [2.24, 2.45) is 0 Å². The fraction of sp³-hybridized carbons (Fsp3) is 0.886. The van der Waals surface area contributed by atoms with Crippen molar-refractivity contribution >= 4 is 13.7 Å². The minimum Gasteiger partial charge on any atom is -0.391 e. The van der Waals surface area contributed by atoms with Gasteiger partial charge in [0, 0.05) is 6.42 Å². The summed E-state index contributed by atoms with van der Waals surface area (Å²) in [5.74, 6) is -0.135. The Balaban J connectivity index is 3.90. The number of rotatable bonds is 73. The summed E-state index contributed by atoms with van der Waals surface area (Å²) >= 11 is 0. The zero-order valence-corrected chi connectivity index (χ0v) is 60.6. The number of unbranched alkanes of at least 4 members (excludes halogenated alkanes) is 52. The minimum absolute atomic E-state index is 0.0773. The number of quaternary nitrogens is 1. The van der Waals surface area contributed by atoms with Crippen LogP contribution in [0.4, 0.5) is 0 Å². The molecule has 0 aromatic heterocycles. The lowest BCUT2D eigenvalue weighted by Crippen LogP contribution is -2.46. The van der Waals surface area contributed by atoms with Gasteiger partial charge in [-0.2, -0.15) is 0 Å². The van der Waals surface area contributed by atoms with E-state index in [1.54, 1.807) is 0 Å². The van der Waals surface area contributed by atoms with Gasteiger partial charge in [-0.1, -0.05) is 390 Å². The van der Waals surface area contributed by atoms with Gasteiger partial charge in [0.05, 0.1) is 39.9 Å². The molecule has 0 radical (unpaired) electrons. The predicted octanol–water partition coefficient (Wildman–Crippen LogP) is 25.3. The van der Waals surface area contributed by atoms with E-state index in [2.05, 4.69) is 67.8 Å². The van der Waals surface area contributed by atoms with Gasteiger partial charge in [-0.05, 0) is 51.4 Å². The maximum atomic E-state index is 13.1. The molecule has 0 aliphatic heterocycles. The topological polar surface area (TPSA) is 105 Å². The lowest BCUT2D eigenvalue weighted by Gasteiger charge is -2.26. The van der Waals surface area contributed by atoms with E-state index >= 15 is 0 Å². The summed E-state index contributed by atoms with van der Waals surface area (Å²) in [5, 5.41) is 14.2. The molecule has 0 spiro atoms. The molecule has 88 heavy (non-hydrogen) atoms. The third-order valence-corrected chi connectivity index (χ3v) is 19.1. The SMILES string of the molecule is CC/C=C\C/C=C\C/C=C\C/C=C\CCCCCCCCCCCCCCCCCCCCCCCCCCCCC(=O)NC(COP(=O)(O)OCC[N+](C)(C)C)C(O)CCCCCCCCCCCCCCCCCCCCCCCCCCCCC. The number of nitrogens with zero attached hydrogens (tertiary/aromatic N) is 1. The summed E-state index contributed by atoms with van der Waals surface area (Å²) in [5.41, 5.74) is 0. The van der Waals surface area contributed by atoms with E-state index in [9.17, 15) is 19.4 Å². The highest BCUT2D eigenvalue weighted by molar-refractivity contribution is 7.47. The standard InChI is InChI=1S/C79H153N2O6P/c1-6-8-10-12-14-16-18-20-22-24-26-28-30-32-34-35-36-37-38-39-40-41-42-43-44-45-47-49-51-53-55-57-59-61-63-65-67-69-71-73-79(83)80-77(76-87-88(84,85)86-75-74-81(3,4)5)78(82)72-70-68-66-64-62-60-58-56-54-52-50-48-46-33-31-29-27-25-23-21-19-17-15-13-11-9-7-2/h8,10,14,16,20,22,26,28,77-78,82H,6-7,9,11-13,15,17-19,21,23-25,27,29-76H2,1-5H3,(H-,80,83,84,85)/p+1/b10-8-,16-14-,22-20-,28-26-. The molecule has 3 atom stereocenters. The fourth-order valence-corrected chi connectivity index (χ4v) is 12.8. The second-order valence-electron chi connectivity index (χ2n) is 28.1. The van der Waals surface area contributed by atoms with Gasteiger partial charge in [0.2, 0.25) is 5.91 Å². The Morgan fingerprint density at radius 3 is 1.00 bits per heavy atom. The zero-order valence-electron chi connectivity index (χ0n) is 59.7. The number of hydrogen-bond acceptors (Lipinski definition) is 5. The van der Waals surface area contributed by atoms with Crippen LogP contribution in [-0.2, 0) is 18.4 Å². The minimum atomic E-state index is -4.33. The molecular formula is C79H154N2O6P+. The monoisotopic (exact) mass is 1260 g/mol. The molecule has 0 aliphatic rings. The molecule has 0 heterocycles. The Morgan fingerprint density at radius 1 is 0.398 bits per heavy atom. The third kappa shape index (κ3) is 71.9. The Labute approximate surface area is 549 Å². The van der Waals surface area contributed by atoms with Gasteiger partial charge in [0.15, 0.2) is 0 Å². The van der Waals surface area contributed by atoms with E-state index in [0.29, 0.717) is 23.9 Å². The van der Waals surface area contributed by atoms with Crippen LogP contribution in [0, 0.1) is 0 Å². The van der Waals surface area contributed by atoms with Crippen molar-refractivity contribution < 1.29 is 32.9 Å². The van der Waals surface area contributed by atoms with Crippen LogP contribution in [-0.4, -0.2) is 73.4 Å². The second-order valence-corrected chi connectivity index (χ2v) is 29.5. The van der Waals surface area contributed by atoms with Crippen LogP contribution in [0.25, 0.3) is 0 Å². The molecule has 0 aromatic rings. The Morgan fingerprint density at radius 2 is 0.682 bits per heavy atom. The number of phosphoric ester groups is 1. The van der Waals surface area contributed by atoms with Crippen LogP contribution in [0.3, 0.4) is 0 Å². The number of aliphatic hydroxyl groups is 1. The number of amides is 1. The molecule has 8 nitrogen and oxygen atoms in total. The summed E-state index contributed by atoms with van der Waals surface area (Å²) < 4.78 is 24.0. The van der Waals surface area contributed by atoms with Crippen molar-refractivity contribution in [3.05, 3.63) is 48.6 Å². The molecule has 1 amide bonds. The number of nitrogens with one attached hydrogen (secondary N) is 1. The van der Waals surface area contributed by atoms with Crippen molar-refractivity contribution in [2.45, 2.75) is 411 Å². The molecule has 520 valence electrons. The van der Waals surface area contributed by atoms with Gasteiger partial charge in [-0.25, -0.2) is 4.57 Å². The van der Waals surface area contributed by atoms with E-state index < -0.39 is 20.0 Å². The van der Waals surface area contributed by atoms with Gasteiger partial charge >= 0.3 is 7.82 Å². The molecule has 0 saturated carbocycles. The smallest absolute Gasteiger partial charge is 0.391 e. The Bertz CT molecular complexity index is 1580. The first-order chi connectivity index (χ1) is 43.0. The van der Waals surface area contributed by atoms with Gasteiger partial charge in [0.25, 0.3) is 0 Å². The zero-order chi connectivity index (χ0) is 64.1. The third-order valence-electron chi connectivity index (χ3n) is 18.1. The number of hydrogen-bond donors (Lipinski definition) is 3. The summed E-state index contributed by atoms with van der Waals surface area (Å²) in [6, 6.07) is -0.761. The number of phosphoric acid groups is 1. The van der Waals surface area contributed by atoms with Gasteiger partial charge in [-0.15, -0.1) is 0 Å². The molecule has 0 fully saturated rings. The van der Waals surface area contributed by atoms with Crippen molar-refractivity contribution in [3.8, 4) is 0 Å².